The second kappa shape index (κ2) is 5.61. The minimum Gasteiger partial charge on any atom is -0.447 e. The lowest BCUT2D eigenvalue weighted by molar-refractivity contribution is -0.129. The van der Waals surface area contributed by atoms with Gasteiger partial charge in [-0.25, -0.2) is 9.69 Å². The summed E-state index contributed by atoms with van der Waals surface area (Å²) in [6, 6.07) is 6.85. The van der Waals surface area contributed by atoms with Crippen LogP contribution in [0.3, 0.4) is 0 Å². The summed E-state index contributed by atoms with van der Waals surface area (Å²) in [6.45, 7) is 4.22. The first-order valence-corrected chi connectivity index (χ1v) is 6.60. The highest BCUT2D eigenvalue weighted by Gasteiger charge is 2.39. The average molecular weight is 282 g/mol. The van der Waals surface area contributed by atoms with E-state index in [0.29, 0.717) is 5.02 Å². The highest BCUT2D eigenvalue weighted by Crippen LogP contribution is 2.21. The predicted octanol–water partition coefficient (Wildman–Crippen LogP) is 2.89. The molecule has 1 aliphatic heterocycles. The number of halogens is 1. The Balaban J connectivity index is 2.10. The van der Waals surface area contributed by atoms with Gasteiger partial charge >= 0.3 is 6.09 Å². The molecule has 0 saturated carbocycles. The number of carbonyl (C=O) groups is 2. The monoisotopic (exact) mass is 281 g/mol. The Bertz CT molecular complexity index is 484. The molecule has 19 heavy (non-hydrogen) atoms. The molecule has 1 aliphatic rings. The van der Waals surface area contributed by atoms with Gasteiger partial charge in [0, 0.05) is 5.02 Å². The maximum atomic E-state index is 12.2. The largest absolute Gasteiger partial charge is 0.447 e. The zero-order valence-electron chi connectivity index (χ0n) is 10.9. The van der Waals surface area contributed by atoms with Gasteiger partial charge in [-0.1, -0.05) is 37.6 Å². The van der Waals surface area contributed by atoms with Gasteiger partial charge in [-0.2, -0.15) is 0 Å². The molecule has 1 aromatic rings. The minimum atomic E-state index is -0.544. The summed E-state index contributed by atoms with van der Waals surface area (Å²) >= 11 is 5.79. The van der Waals surface area contributed by atoms with Gasteiger partial charge in [-0.05, 0) is 23.6 Å². The third-order valence-corrected chi connectivity index (χ3v) is 3.46. The smallest absolute Gasteiger partial charge is 0.416 e. The highest BCUT2D eigenvalue weighted by atomic mass is 35.5. The van der Waals surface area contributed by atoms with E-state index in [1.54, 1.807) is 24.3 Å². The maximum Gasteiger partial charge on any atom is 0.416 e. The molecule has 102 valence electrons. The number of rotatable bonds is 3. The van der Waals surface area contributed by atoms with Crippen molar-refractivity contribution in [2.45, 2.75) is 26.3 Å². The van der Waals surface area contributed by atoms with E-state index in [-0.39, 0.29) is 30.9 Å². The van der Waals surface area contributed by atoms with Crippen LogP contribution < -0.4 is 0 Å². The SMILES string of the molecule is CC(C)[C@@H]1COC(=O)N1C(=O)Cc1ccc(Cl)cc1. The second-order valence-electron chi connectivity index (χ2n) is 4.96. The Morgan fingerprint density at radius 3 is 2.63 bits per heavy atom. The molecule has 5 heteroatoms. The van der Waals surface area contributed by atoms with Crippen LogP contribution in [0, 0.1) is 5.92 Å². The molecule has 0 spiro atoms. The molecule has 4 nitrogen and oxygen atoms in total. The average Bonchev–Trinajstić information content (AvgIpc) is 2.74. The molecule has 1 aromatic carbocycles. The molecule has 0 aliphatic carbocycles. The van der Waals surface area contributed by atoms with E-state index in [2.05, 4.69) is 0 Å². The van der Waals surface area contributed by atoms with Crippen molar-refractivity contribution in [3.8, 4) is 0 Å². The molecule has 2 rings (SSSR count). The van der Waals surface area contributed by atoms with Gasteiger partial charge < -0.3 is 4.74 Å². The Labute approximate surface area is 117 Å². The Hall–Kier alpha value is -1.55. The minimum absolute atomic E-state index is 0.174. The molecule has 1 atom stereocenters. The summed E-state index contributed by atoms with van der Waals surface area (Å²) in [5.74, 6) is -0.0517. The molecule has 0 N–H and O–H groups in total. The fourth-order valence-electron chi connectivity index (χ4n) is 2.08. The van der Waals surface area contributed by atoms with Gasteiger partial charge in [0.05, 0.1) is 12.5 Å². The van der Waals surface area contributed by atoms with Gasteiger partial charge in [0.1, 0.15) is 6.61 Å². The summed E-state index contributed by atoms with van der Waals surface area (Å²) < 4.78 is 4.96. The van der Waals surface area contributed by atoms with Crippen LogP contribution in [0.4, 0.5) is 4.79 Å². The van der Waals surface area contributed by atoms with E-state index in [1.807, 2.05) is 13.8 Å². The van der Waals surface area contributed by atoms with Crippen LogP contribution in [0.2, 0.25) is 5.02 Å². The van der Waals surface area contributed by atoms with Gasteiger partial charge in [0.15, 0.2) is 0 Å². The van der Waals surface area contributed by atoms with Crippen LogP contribution in [0.25, 0.3) is 0 Å². The number of imide groups is 1. The fourth-order valence-corrected chi connectivity index (χ4v) is 2.20. The first-order chi connectivity index (χ1) is 8.99. The molecular formula is C14H16ClNO3. The maximum absolute atomic E-state index is 12.2. The molecule has 0 bridgehead atoms. The number of nitrogens with zero attached hydrogens (tertiary/aromatic N) is 1. The summed E-state index contributed by atoms with van der Waals surface area (Å²) in [7, 11) is 0. The van der Waals surface area contributed by atoms with Crippen LogP contribution in [0.1, 0.15) is 19.4 Å². The summed E-state index contributed by atoms with van der Waals surface area (Å²) in [5.41, 5.74) is 0.830. The second-order valence-corrected chi connectivity index (χ2v) is 5.39. The molecule has 1 fully saturated rings. The van der Waals surface area contributed by atoms with Crippen LogP contribution >= 0.6 is 11.6 Å². The lowest BCUT2D eigenvalue weighted by Crippen LogP contribution is -2.42. The number of ether oxygens (including phenoxy) is 1. The standard InChI is InChI=1S/C14H16ClNO3/c1-9(2)12-8-19-14(18)16(12)13(17)7-10-3-5-11(15)6-4-10/h3-6,9,12H,7-8H2,1-2H3/t12-/m0/s1. The zero-order chi connectivity index (χ0) is 14.0. The van der Waals surface area contributed by atoms with Crippen molar-refractivity contribution >= 4 is 23.6 Å². The molecule has 0 aromatic heterocycles. The number of benzene rings is 1. The molecule has 0 radical (unpaired) electrons. The van der Waals surface area contributed by atoms with Gasteiger partial charge in [0.25, 0.3) is 0 Å². The summed E-state index contributed by atoms with van der Waals surface area (Å²) in [4.78, 5) is 25.1. The van der Waals surface area contributed by atoms with E-state index < -0.39 is 6.09 Å². The van der Waals surface area contributed by atoms with E-state index in [0.717, 1.165) is 5.56 Å². The molecule has 1 saturated heterocycles. The lowest BCUT2D eigenvalue weighted by Gasteiger charge is -2.22. The van der Waals surface area contributed by atoms with Gasteiger partial charge in [0.2, 0.25) is 5.91 Å². The van der Waals surface area contributed by atoms with Crippen molar-refractivity contribution in [2.75, 3.05) is 6.61 Å². The number of amides is 2. The third kappa shape index (κ3) is 3.07. The van der Waals surface area contributed by atoms with Crippen LogP contribution in [0.15, 0.2) is 24.3 Å². The zero-order valence-corrected chi connectivity index (χ0v) is 11.7. The van der Waals surface area contributed by atoms with Crippen LogP contribution in [0.5, 0.6) is 0 Å². The van der Waals surface area contributed by atoms with E-state index >= 15 is 0 Å². The van der Waals surface area contributed by atoms with Crippen molar-refractivity contribution in [1.82, 2.24) is 4.90 Å². The molecule has 1 heterocycles. The van der Waals surface area contributed by atoms with Crippen molar-refractivity contribution in [1.29, 1.82) is 0 Å². The van der Waals surface area contributed by atoms with Gasteiger partial charge in [-0.15, -0.1) is 0 Å². The normalized spacial score (nSPS) is 18.8. The molecule has 2 amide bonds. The number of hydrogen-bond donors (Lipinski definition) is 0. The molecular weight excluding hydrogens is 266 g/mol. The van der Waals surface area contributed by atoms with Crippen molar-refractivity contribution in [3.05, 3.63) is 34.9 Å². The van der Waals surface area contributed by atoms with E-state index in [1.165, 1.54) is 4.90 Å². The van der Waals surface area contributed by atoms with Crippen molar-refractivity contribution in [2.24, 2.45) is 5.92 Å². The number of hydrogen-bond acceptors (Lipinski definition) is 3. The quantitative estimate of drug-likeness (QED) is 0.856. The Morgan fingerprint density at radius 2 is 2.05 bits per heavy atom. The first-order valence-electron chi connectivity index (χ1n) is 6.22. The van der Waals surface area contributed by atoms with E-state index in [4.69, 9.17) is 16.3 Å². The van der Waals surface area contributed by atoms with Crippen LogP contribution in [-0.2, 0) is 16.0 Å². The van der Waals surface area contributed by atoms with Gasteiger partial charge in [-0.3, -0.25) is 4.79 Å². The first kappa shape index (κ1) is 13.9. The van der Waals surface area contributed by atoms with E-state index in [9.17, 15) is 9.59 Å². The number of cyclic esters (lactones) is 1. The highest BCUT2D eigenvalue weighted by molar-refractivity contribution is 6.30. The topological polar surface area (TPSA) is 46.6 Å². The Morgan fingerprint density at radius 1 is 1.42 bits per heavy atom. The van der Waals surface area contributed by atoms with Crippen molar-refractivity contribution in [3.63, 3.8) is 0 Å². The van der Waals surface area contributed by atoms with Crippen LogP contribution in [-0.4, -0.2) is 29.5 Å². The summed E-state index contributed by atoms with van der Waals surface area (Å²) in [6.07, 6.45) is -0.368. The predicted molar refractivity (Wildman–Crippen MR) is 72.0 cm³/mol. The van der Waals surface area contributed by atoms with Crippen molar-refractivity contribution < 1.29 is 14.3 Å². The third-order valence-electron chi connectivity index (χ3n) is 3.21. The number of carbonyl (C=O) groups excluding carboxylic acids is 2. The fraction of sp³-hybridized carbons (Fsp3) is 0.429. The Kier molecular flexibility index (Phi) is 4.10. The lowest BCUT2D eigenvalue weighted by atomic mass is 10.0. The molecule has 0 unspecified atom stereocenters. The summed E-state index contributed by atoms with van der Waals surface area (Å²) in [5, 5.41) is 0.622.